The maximum atomic E-state index is 5.87. The molecule has 0 radical (unpaired) electrons. The second kappa shape index (κ2) is 3.45. The lowest BCUT2D eigenvalue weighted by Crippen LogP contribution is -2.49. The summed E-state index contributed by atoms with van der Waals surface area (Å²) < 4.78 is 16.7. The van der Waals surface area contributed by atoms with E-state index in [1.165, 1.54) is 0 Å². The molecule has 4 atom stereocenters. The standard InChI is InChI=1S/C10H19NO3/c1-6-9-7(5-8(12-4)13-6)11-10(2,3)14-9/h6-9,11H,5H2,1-4H3/t6-,7-,8+,9+/m0/s1. The topological polar surface area (TPSA) is 39.7 Å². The van der Waals surface area contributed by atoms with Crippen LogP contribution in [-0.4, -0.2) is 37.4 Å². The number of fused-ring (bicyclic) bond motifs is 1. The van der Waals surface area contributed by atoms with Gasteiger partial charge in [-0.05, 0) is 20.8 Å². The van der Waals surface area contributed by atoms with Crippen LogP contribution in [-0.2, 0) is 14.2 Å². The van der Waals surface area contributed by atoms with Crippen LogP contribution >= 0.6 is 0 Å². The maximum Gasteiger partial charge on any atom is 0.159 e. The molecule has 4 nitrogen and oxygen atoms in total. The molecular formula is C10H19NO3. The van der Waals surface area contributed by atoms with Gasteiger partial charge in [0, 0.05) is 19.6 Å². The minimum atomic E-state index is -0.240. The summed E-state index contributed by atoms with van der Waals surface area (Å²) in [6, 6.07) is 0.346. The van der Waals surface area contributed by atoms with Gasteiger partial charge < -0.3 is 14.2 Å². The average molecular weight is 201 g/mol. The highest BCUT2D eigenvalue weighted by Gasteiger charge is 2.47. The summed E-state index contributed by atoms with van der Waals surface area (Å²) in [6.45, 7) is 6.12. The molecule has 0 unspecified atom stereocenters. The van der Waals surface area contributed by atoms with Crippen LogP contribution < -0.4 is 5.32 Å². The molecule has 0 aromatic carbocycles. The number of hydrogen-bond acceptors (Lipinski definition) is 4. The normalized spacial score (nSPS) is 46.3. The molecular weight excluding hydrogens is 182 g/mol. The van der Waals surface area contributed by atoms with Crippen LogP contribution in [0.5, 0.6) is 0 Å². The molecule has 82 valence electrons. The van der Waals surface area contributed by atoms with Gasteiger partial charge in [-0.1, -0.05) is 0 Å². The van der Waals surface area contributed by atoms with E-state index in [0.29, 0.717) is 6.04 Å². The molecule has 1 N–H and O–H groups in total. The van der Waals surface area contributed by atoms with Crippen LogP contribution in [0.2, 0.25) is 0 Å². The molecule has 2 saturated heterocycles. The number of ether oxygens (including phenoxy) is 3. The van der Waals surface area contributed by atoms with Crippen LogP contribution in [0.1, 0.15) is 27.2 Å². The second-order valence-electron chi connectivity index (χ2n) is 4.59. The second-order valence-corrected chi connectivity index (χ2v) is 4.59. The largest absolute Gasteiger partial charge is 0.356 e. The van der Waals surface area contributed by atoms with Gasteiger partial charge in [0.25, 0.3) is 0 Å². The zero-order valence-corrected chi connectivity index (χ0v) is 9.24. The van der Waals surface area contributed by atoms with E-state index in [9.17, 15) is 0 Å². The third-order valence-corrected chi connectivity index (χ3v) is 2.90. The van der Waals surface area contributed by atoms with E-state index < -0.39 is 0 Å². The first-order valence-electron chi connectivity index (χ1n) is 5.15. The molecule has 0 saturated carbocycles. The molecule has 2 aliphatic rings. The molecule has 0 aromatic heterocycles. The summed E-state index contributed by atoms with van der Waals surface area (Å²) in [4.78, 5) is 0. The van der Waals surface area contributed by atoms with E-state index >= 15 is 0 Å². The van der Waals surface area contributed by atoms with E-state index in [4.69, 9.17) is 14.2 Å². The fraction of sp³-hybridized carbons (Fsp3) is 1.00. The van der Waals surface area contributed by atoms with Crippen LogP contribution in [0.15, 0.2) is 0 Å². The van der Waals surface area contributed by atoms with Gasteiger partial charge in [-0.2, -0.15) is 0 Å². The molecule has 0 bridgehead atoms. The summed E-state index contributed by atoms with van der Waals surface area (Å²) in [7, 11) is 1.68. The molecule has 2 aliphatic heterocycles. The van der Waals surface area contributed by atoms with E-state index in [1.54, 1.807) is 7.11 Å². The summed E-state index contributed by atoms with van der Waals surface area (Å²) in [5, 5.41) is 3.44. The molecule has 0 spiro atoms. The Kier molecular flexibility index (Phi) is 2.55. The summed E-state index contributed by atoms with van der Waals surface area (Å²) >= 11 is 0. The van der Waals surface area contributed by atoms with Crippen molar-refractivity contribution in [2.24, 2.45) is 0 Å². The Labute approximate surface area is 84.9 Å². The fourth-order valence-corrected chi connectivity index (χ4v) is 2.33. The Bertz CT molecular complexity index is 219. The summed E-state index contributed by atoms with van der Waals surface area (Å²) in [6.07, 6.45) is 0.996. The molecule has 0 amide bonds. The Morgan fingerprint density at radius 2 is 2.14 bits per heavy atom. The van der Waals surface area contributed by atoms with E-state index in [2.05, 4.69) is 5.32 Å². The molecule has 2 fully saturated rings. The van der Waals surface area contributed by atoms with E-state index in [-0.39, 0.29) is 24.2 Å². The number of rotatable bonds is 1. The monoisotopic (exact) mass is 201 g/mol. The van der Waals surface area contributed by atoms with Gasteiger partial charge in [-0.3, -0.25) is 5.32 Å². The molecule has 0 aliphatic carbocycles. The highest BCUT2D eigenvalue weighted by molar-refractivity contribution is 4.96. The first-order chi connectivity index (χ1) is 6.52. The van der Waals surface area contributed by atoms with Crippen molar-refractivity contribution in [2.45, 2.75) is 57.5 Å². The van der Waals surface area contributed by atoms with E-state index in [0.717, 1.165) is 6.42 Å². The molecule has 2 heterocycles. The molecule has 14 heavy (non-hydrogen) atoms. The third-order valence-electron chi connectivity index (χ3n) is 2.90. The predicted octanol–water partition coefficient (Wildman–Crippen LogP) is 0.861. The molecule has 4 heteroatoms. The maximum absolute atomic E-state index is 5.87. The quantitative estimate of drug-likeness (QED) is 0.683. The minimum Gasteiger partial charge on any atom is -0.356 e. The lowest BCUT2D eigenvalue weighted by Gasteiger charge is -2.34. The smallest absolute Gasteiger partial charge is 0.159 e. The Hall–Kier alpha value is -0.160. The lowest BCUT2D eigenvalue weighted by atomic mass is 10.0. The van der Waals surface area contributed by atoms with Crippen molar-refractivity contribution in [1.82, 2.24) is 5.32 Å². The molecule has 0 aromatic rings. The van der Waals surface area contributed by atoms with Crippen molar-refractivity contribution in [3.63, 3.8) is 0 Å². The van der Waals surface area contributed by atoms with Crippen LogP contribution in [0.4, 0.5) is 0 Å². The first-order valence-corrected chi connectivity index (χ1v) is 5.15. The number of methoxy groups -OCH3 is 1. The van der Waals surface area contributed by atoms with Gasteiger partial charge in [-0.15, -0.1) is 0 Å². The van der Waals surface area contributed by atoms with Gasteiger partial charge in [0.2, 0.25) is 0 Å². The van der Waals surface area contributed by atoms with Gasteiger partial charge in [0.05, 0.1) is 6.10 Å². The predicted molar refractivity (Wildman–Crippen MR) is 51.8 cm³/mol. The highest BCUT2D eigenvalue weighted by atomic mass is 16.7. The van der Waals surface area contributed by atoms with Gasteiger partial charge in [-0.25, -0.2) is 0 Å². The number of nitrogens with one attached hydrogen (secondary N) is 1. The Morgan fingerprint density at radius 3 is 2.79 bits per heavy atom. The number of hydrogen-bond donors (Lipinski definition) is 1. The van der Waals surface area contributed by atoms with Crippen molar-refractivity contribution in [1.29, 1.82) is 0 Å². The summed E-state index contributed by atoms with van der Waals surface area (Å²) in [5.74, 6) is 0. The van der Waals surface area contributed by atoms with Crippen molar-refractivity contribution in [2.75, 3.05) is 7.11 Å². The Balaban J connectivity index is 2.06. The Morgan fingerprint density at radius 1 is 1.43 bits per heavy atom. The van der Waals surface area contributed by atoms with Crippen molar-refractivity contribution < 1.29 is 14.2 Å². The average Bonchev–Trinajstić information content (AvgIpc) is 2.40. The zero-order chi connectivity index (χ0) is 10.3. The van der Waals surface area contributed by atoms with Crippen molar-refractivity contribution in [3.8, 4) is 0 Å². The van der Waals surface area contributed by atoms with Crippen LogP contribution in [0.3, 0.4) is 0 Å². The highest BCUT2D eigenvalue weighted by Crippen LogP contribution is 2.32. The van der Waals surface area contributed by atoms with Crippen molar-refractivity contribution in [3.05, 3.63) is 0 Å². The van der Waals surface area contributed by atoms with Gasteiger partial charge in [0.15, 0.2) is 6.29 Å². The van der Waals surface area contributed by atoms with Crippen molar-refractivity contribution >= 4 is 0 Å². The third kappa shape index (κ3) is 1.80. The SMILES string of the molecule is CO[C@H]1C[C@@H]2NC(C)(C)O[C@@H]2[C@H](C)O1. The molecule has 2 rings (SSSR count). The van der Waals surface area contributed by atoms with Crippen LogP contribution in [0, 0.1) is 0 Å². The lowest BCUT2D eigenvalue weighted by molar-refractivity contribution is -0.214. The first kappa shape index (κ1) is 10.4. The van der Waals surface area contributed by atoms with Gasteiger partial charge >= 0.3 is 0 Å². The summed E-state index contributed by atoms with van der Waals surface area (Å²) in [5.41, 5.74) is -0.240. The minimum absolute atomic E-state index is 0.0907. The van der Waals surface area contributed by atoms with Gasteiger partial charge in [0.1, 0.15) is 11.8 Å². The van der Waals surface area contributed by atoms with Crippen LogP contribution in [0.25, 0.3) is 0 Å². The zero-order valence-electron chi connectivity index (χ0n) is 9.24. The fourth-order valence-electron chi connectivity index (χ4n) is 2.33. The van der Waals surface area contributed by atoms with E-state index in [1.807, 2.05) is 20.8 Å².